The van der Waals surface area contributed by atoms with Crippen LogP contribution in [0.2, 0.25) is 0 Å². The van der Waals surface area contributed by atoms with Gasteiger partial charge in [-0.3, -0.25) is 0 Å². The molecule has 0 unspecified atom stereocenters. The lowest BCUT2D eigenvalue weighted by Crippen LogP contribution is -1.73. The van der Waals surface area contributed by atoms with Gasteiger partial charge in [-0.25, -0.2) is 0 Å². The van der Waals surface area contributed by atoms with Gasteiger partial charge in [0.15, 0.2) is 0 Å². The quantitative estimate of drug-likeness (QED) is 0.476. The fourth-order valence-corrected chi connectivity index (χ4v) is 0.192. The zero-order valence-corrected chi connectivity index (χ0v) is 4.77. The summed E-state index contributed by atoms with van der Waals surface area (Å²) in [6.07, 6.45) is 3.55. The Hall–Kier alpha value is -0.500. The van der Waals surface area contributed by atoms with Gasteiger partial charge < -0.3 is 10.2 Å². The molecule has 2 nitrogen and oxygen atoms in total. The van der Waals surface area contributed by atoms with E-state index in [2.05, 4.69) is 0 Å². The first kappa shape index (κ1) is 9.71. The maximum Gasteiger partial charge on any atom is 0.0845 e. The largest absolute Gasteiger partial charge is 0.502 e. The first-order valence-electron chi connectivity index (χ1n) is 2.14. The average molecular weight is 104 g/mol. The molecule has 0 radical (unpaired) electrons. The van der Waals surface area contributed by atoms with Crippen molar-refractivity contribution in [1.29, 1.82) is 0 Å². The molecule has 0 saturated heterocycles. The van der Waals surface area contributed by atoms with Crippen LogP contribution in [0.3, 0.4) is 0 Å². The Balaban J connectivity index is 0. The molecule has 2 N–H and O–H groups in total. The summed E-state index contributed by atoms with van der Waals surface area (Å²) < 4.78 is 4.80. The number of hydrogen-bond donors (Lipinski definition) is 0. The van der Waals surface area contributed by atoms with Crippen LogP contribution in [0.5, 0.6) is 0 Å². The fourth-order valence-electron chi connectivity index (χ4n) is 0.192. The van der Waals surface area contributed by atoms with Crippen LogP contribution in [0.4, 0.5) is 0 Å². The molecular formula is C5H12O2. The van der Waals surface area contributed by atoms with Gasteiger partial charge in [-0.05, 0) is 13.8 Å². The summed E-state index contributed by atoms with van der Waals surface area (Å²) in [6, 6.07) is 0. The van der Waals surface area contributed by atoms with E-state index in [1.54, 1.807) is 6.26 Å². The zero-order valence-electron chi connectivity index (χ0n) is 4.77. The van der Waals surface area contributed by atoms with Gasteiger partial charge in [0.2, 0.25) is 0 Å². The van der Waals surface area contributed by atoms with Gasteiger partial charge in [-0.15, -0.1) is 0 Å². The molecule has 0 saturated carbocycles. The van der Waals surface area contributed by atoms with Crippen LogP contribution >= 0.6 is 0 Å². The topological polar surface area (TPSA) is 40.7 Å². The fraction of sp³-hybridized carbons (Fsp3) is 0.600. The third-order valence-corrected chi connectivity index (χ3v) is 0.399. The van der Waals surface area contributed by atoms with Gasteiger partial charge in [0, 0.05) is 0 Å². The first-order valence-corrected chi connectivity index (χ1v) is 2.14. The van der Waals surface area contributed by atoms with E-state index in [1.807, 2.05) is 19.9 Å². The SMILES string of the molecule is CC=COCC.O. The number of ether oxygens (including phenoxy) is 1. The highest BCUT2D eigenvalue weighted by molar-refractivity contribution is 4.63. The van der Waals surface area contributed by atoms with E-state index in [0.29, 0.717) is 0 Å². The second kappa shape index (κ2) is 9.09. The molecule has 0 heterocycles. The molecule has 0 aromatic carbocycles. The molecule has 0 fully saturated rings. The van der Waals surface area contributed by atoms with Crippen molar-refractivity contribution in [2.24, 2.45) is 0 Å². The second-order valence-electron chi connectivity index (χ2n) is 0.925. The van der Waals surface area contributed by atoms with Crippen molar-refractivity contribution in [3.8, 4) is 0 Å². The van der Waals surface area contributed by atoms with E-state index in [1.165, 1.54) is 0 Å². The summed E-state index contributed by atoms with van der Waals surface area (Å²) in [5.41, 5.74) is 0. The van der Waals surface area contributed by atoms with Crippen LogP contribution in [0.1, 0.15) is 13.8 Å². The number of allylic oxidation sites excluding steroid dienone is 1. The molecule has 0 aliphatic rings. The molecule has 0 aromatic rings. The van der Waals surface area contributed by atoms with Crippen molar-refractivity contribution in [2.45, 2.75) is 13.8 Å². The Morgan fingerprint density at radius 3 is 2.29 bits per heavy atom. The smallest absolute Gasteiger partial charge is 0.0845 e. The summed E-state index contributed by atoms with van der Waals surface area (Å²) in [7, 11) is 0. The summed E-state index contributed by atoms with van der Waals surface area (Å²) >= 11 is 0. The van der Waals surface area contributed by atoms with E-state index in [0.717, 1.165) is 6.61 Å². The molecule has 0 atom stereocenters. The van der Waals surface area contributed by atoms with E-state index in [-0.39, 0.29) is 5.48 Å². The highest BCUT2D eigenvalue weighted by atomic mass is 16.5. The van der Waals surface area contributed by atoms with E-state index < -0.39 is 0 Å². The van der Waals surface area contributed by atoms with Crippen molar-refractivity contribution < 1.29 is 10.2 Å². The molecule has 0 bridgehead atoms. The van der Waals surface area contributed by atoms with Crippen LogP contribution in [-0.4, -0.2) is 12.1 Å². The first-order chi connectivity index (χ1) is 2.91. The molecule has 44 valence electrons. The highest BCUT2D eigenvalue weighted by Crippen LogP contribution is 1.71. The summed E-state index contributed by atoms with van der Waals surface area (Å²) in [4.78, 5) is 0. The minimum atomic E-state index is 0. The predicted octanol–water partition coefficient (Wildman–Crippen LogP) is 0.732. The molecule has 0 spiro atoms. The highest BCUT2D eigenvalue weighted by Gasteiger charge is 1.59. The second-order valence-corrected chi connectivity index (χ2v) is 0.925. The van der Waals surface area contributed by atoms with Crippen molar-refractivity contribution >= 4 is 0 Å². The molecular weight excluding hydrogens is 92.1 g/mol. The standard InChI is InChI=1S/C5H10O.H2O/c1-3-5-6-4-2;/h3,5H,4H2,1-2H3;1H2. The number of rotatable bonds is 2. The molecule has 7 heavy (non-hydrogen) atoms. The predicted molar refractivity (Wildman–Crippen MR) is 30.1 cm³/mol. The van der Waals surface area contributed by atoms with Crippen LogP contribution in [-0.2, 0) is 4.74 Å². The monoisotopic (exact) mass is 104 g/mol. The lowest BCUT2D eigenvalue weighted by atomic mass is 10.7. The van der Waals surface area contributed by atoms with E-state index >= 15 is 0 Å². The van der Waals surface area contributed by atoms with Crippen molar-refractivity contribution in [1.82, 2.24) is 0 Å². The van der Waals surface area contributed by atoms with Gasteiger partial charge in [-0.2, -0.15) is 0 Å². The maximum atomic E-state index is 4.80. The normalized spacial score (nSPS) is 8.29. The minimum Gasteiger partial charge on any atom is -0.502 e. The molecule has 0 rings (SSSR count). The summed E-state index contributed by atoms with van der Waals surface area (Å²) in [5.74, 6) is 0. The van der Waals surface area contributed by atoms with Gasteiger partial charge >= 0.3 is 0 Å². The molecule has 0 aliphatic heterocycles. The Bertz CT molecular complexity index is 41.3. The van der Waals surface area contributed by atoms with E-state index in [4.69, 9.17) is 4.74 Å². The lowest BCUT2D eigenvalue weighted by molar-refractivity contribution is 0.269. The molecule has 0 amide bonds. The number of hydrogen-bond acceptors (Lipinski definition) is 1. The summed E-state index contributed by atoms with van der Waals surface area (Å²) in [6.45, 7) is 4.65. The van der Waals surface area contributed by atoms with Crippen molar-refractivity contribution in [2.75, 3.05) is 6.61 Å². The minimum absolute atomic E-state index is 0. The maximum absolute atomic E-state index is 4.80. The van der Waals surface area contributed by atoms with Gasteiger partial charge in [0.1, 0.15) is 0 Å². The van der Waals surface area contributed by atoms with Crippen LogP contribution in [0.25, 0.3) is 0 Å². The van der Waals surface area contributed by atoms with Gasteiger partial charge in [-0.1, -0.05) is 6.08 Å². The molecule has 0 aliphatic carbocycles. The van der Waals surface area contributed by atoms with Gasteiger partial charge in [0.25, 0.3) is 0 Å². The Kier molecular flexibility index (Phi) is 12.6. The van der Waals surface area contributed by atoms with E-state index in [9.17, 15) is 0 Å². The Morgan fingerprint density at radius 2 is 2.14 bits per heavy atom. The third kappa shape index (κ3) is 10.8. The molecule has 2 heteroatoms. The average Bonchev–Trinajstić information content (AvgIpc) is 1.61. The molecule has 0 aromatic heterocycles. The van der Waals surface area contributed by atoms with Crippen LogP contribution in [0.15, 0.2) is 12.3 Å². The lowest BCUT2D eigenvalue weighted by Gasteiger charge is -1.86. The Morgan fingerprint density at radius 1 is 1.57 bits per heavy atom. The van der Waals surface area contributed by atoms with Gasteiger partial charge in [0.05, 0.1) is 12.9 Å². The summed E-state index contributed by atoms with van der Waals surface area (Å²) in [5, 5.41) is 0. The zero-order chi connectivity index (χ0) is 4.83. The van der Waals surface area contributed by atoms with Crippen LogP contribution in [0, 0.1) is 0 Å². The van der Waals surface area contributed by atoms with Crippen molar-refractivity contribution in [3.05, 3.63) is 12.3 Å². The van der Waals surface area contributed by atoms with Crippen molar-refractivity contribution in [3.63, 3.8) is 0 Å². The van der Waals surface area contributed by atoms with Crippen LogP contribution < -0.4 is 0 Å². The Labute approximate surface area is 44.1 Å². The third-order valence-electron chi connectivity index (χ3n) is 0.399.